The van der Waals surface area contributed by atoms with Crippen molar-refractivity contribution < 1.29 is 4.79 Å². The monoisotopic (exact) mass is 410 g/mol. The molecule has 0 fully saturated rings. The highest BCUT2D eigenvalue weighted by Gasteiger charge is 2.16. The zero-order valence-corrected chi connectivity index (χ0v) is 16.9. The van der Waals surface area contributed by atoms with Gasteiger partial charge in [-0.3, -0.25) is 4.79 Å². The van der Waals surface area contributed by atoms with Gasteiger partial charge in [0.2, 0.25) is 5.16 Å². The standard InChI is InChI=1S/C24H18N4OS/c29-21(18-11-5-2-6-12-18)16-30-24-25-23-22(26-27-24)19-13-7-8-14-20(19)28(23)15-17-9-3-1-4-10-17/h1-14H,15-16H2. The average Bonchev–Trinajstić information content (AvgIpc) is 3.12. The molecule has 2 heterocycles. The minimum atomic E-state index is 0.0501. The van der Waals surface area contributed by atoms with Crippen molar-refractivity contribution in [3.05, 3.63) is 96.1 Å². The van der Waals surface area contributed by atoms with Crippen LogP contribution in [0, 0.1) is 0 Å². The largest absolute Gasteiger partial charge is 0.319 e. The Balaban J connectivity index is 1.50. The molecule has 6 heteroatoms. The van der Waals surface area contributed by atoms with E-state index < -0.39 is 0 Å². The third-order valence-corrected chi connectivity index (χ3v) is 5.80. The van der Waals surface area contributed by atoms with Crippen LogP contribution in [0.25, 0.3) is 22.1 Å². The molecule has 0 N–H and O–H groups in total. The van der Waals surface area contributed by atoms with E-state index in [1.165, 1.54) is 17.3 Å². The fraction of sp³-hybridized carbons (Fsp3) is 0.0833. The molecule has 0 saturated carbocycles. The molecule has 30 heavy (non-hydrogen) atoms. The van der Waals surface area contributed by atoms with Crippen molar-refractivity contribution >= 4 is 39.6 Å². The molecule has 0 radical (unpaired) electrons. The van der Waals surface area contributed by atoms with Gasteiger partial charge in [0.1, 0.15) is 5.52 Å². The molecule has 0 unspecified atom stereocenters. The van der Waals surface area contributed by atoms with Crippen molar-refractivity contribution in [1.82, 2.24) is 19.7 Å². The number of carbonyl (C=O) groups is 1. The summed E-state index contributed by atoms with van der Waals surface area (Å²) >= 11 is 1.32. The molecule has 0 bridgehead atoms. The van der Waals surface area contributed by atoms with Crippen molar-refractivity contribution in [3.63, 3.8) is 0 Å². The van der Waals surface area contributed by atoms with Gasteiger partial charge in [-0.05, 0) is 11.6 Å². The Bertz CT molecular complexity index is 1330. The summed E-state index contributed by atoms with van der Waals surface area (Å²) in [6.45, 7) is 0.691. The molecule has 3 aromatic carbocycles. The van der Waals surface area contributed by atoms with Crippen molar-refractivity contribution in [3.8, 4) is 0 Å². The predicted molar refractivity (Wildman–Crippen MR) is 120 cm³/mol. The Morgan fingerprint density at radius 1 is 0.833 bits per heavy atom. The molecule has 0 aliphatic carbocycles. The van der Waals surface area contributed by atoms with Crippen LogP contribution < -0.4 is 0 Å². The van der Waals surface area contributed by atoms with Crippen molar-refractivity contribution in [2.24, 2.45) is 0 Å². The molecule has 0 amide bonds. The lowest BCUT2D eigenvalue weighted by Crippen LogP contribution is -2.05. The van der Waals surface area contributed by atoms with E-state index in [0.29, 0.717) is 17.3 Å². The third kappa shape index (κ3) is 3.57. The topological polar surface area (TPSA) is 60.7 Å². The van der Waals surface area contributed by atoms with Gasteiger partial charge in [-0.25, -0.2) is 4.98 Å². The van der Waals surface area contributed by atoms with Crippen LogP contribution in [0.1, 0.15) is 15.9 Å². The van der Waals surface area contributed by atoms with Gasteiger partial charge in [0.25, 0.3) is 0 Å². The number of Topliss-reactive ketones (excluding diaryl/α,β-unsaturated/α-hetero) is 1. The quantitative estimate of drug-likeness (QED) is 0.291. The molecule has 0 saturated heterocycles. The Kier molecular flexibility index (Phi) is 4.99. The molecule has 0 aliphatic rings. The van der Waals surface area contributed by atoms with Gasteiger partial charge in [-0.15, -0.1) is 10.2 Å². The normalized spacial score (nSPS) is 11.2. The van der Waals surface area contributed by atoms with E-state index >= 15 is 0 Å². The fourth-order valence-corrected chi connectivity index (χ4v) is 4.19. The van der Waals surface area contributed by atoms with E-state index in [-0.39, 0.29) is 11.5 Å². The van der Waals surface area contributed by atoms with E-state index in [2.05, 4.69) is 33.0 Å². The van der Waals surface area contributed by atoms with Crippen LogP contribution in [0.5, 0.6) is 0 Å². The number of benzene rings is 3. The molecular weight excluding hydrogens is 392 g/mol. The number of nitrogens with zero attached hydrogens (tertiary/aromatic N) is 4. The molecule has 0 spiro atoms. The molecule has 2 aromatic heterocycles. The number of para-hydroxylation sites is 1. The maximum atomic E-state index is 12.4. The first kappa shape index (κ1) is 18.5. The number of thioether (sulfide) groups is 1. The molecule has 5 aromatic rings. The summed E-state index contributed by atoms with van der Waals surface area (Å²) in [7, 11) is 0. The first-order valence-corrected chi connectivity index (χ1v) is 10.6. The molecule has 0 atom stereocenters. The van der Waals surface area contributed by atoms with E-state index in [9.17, 15) is 4.79 Å². The summed E-state index contributed by atoms with van der Waals surface area (Å²) in [5.74, 6) is 0.324. The van der Waals surface area contributed by atoms with Gasteiger partial charge in [-0.2, -0.15) is 0 Å². The maximum Gasteiger partial charge on any atom is 0.211 e. The highest BCUT2D eigenvalue weighted by atomic mass is 32.2. The fourth-order valence-electron chi connectivity index (χ4n) is 3.51. The van der Waals surface area contributed by atoms with Gasteiger partial charge in [0.05, 0.1) is 11.3 Å². The lowest BCUT2D eigenvalue weighted by Gasteiger charge is -2.07. The van der Waals surface area contributed by atoms with Crippen molar-refractivity contribution in [2.75, 3.05) is 5.75 Å². The first-order chi connectivity index (χ1) is 14.8. The van der Waals surface area contributed by atoms with E-state index in [1.807, 2.05) is 66.7 Å². The highest BCUT2D eigenvalue weighted by molar-refractivity contribution is 7.99. The molecular formula is C24H18N4OS. The van der Waals surface area contributed by atoms with Crippen LogP contribution in [0.4, 0.5) is 0 Å². The first-order valence-electron chi connectivity index (χ1n) is 9.66. The van der Waals surface area contributed by atoms with Gasteiger partial charge in [0.15, 0.2) is 11.4 Å². The lowest BCUT2D eigenvalue weighted by molar-refractivity contribution is 0.102. The second kappa shape index (κ2) is 8.08. The number of aromatic nitrogens is 4. The lowest BCUT2D eigenvalue weighted by atomic mass is 10.2. The maximum absolute atomic E-state index is 12.4. The SMILES string of the molecule is O=C(CSc1nnc2c3ccccc3n(Cc3ccccc3)c2n1)c1ccccc1. The number of hydrogen-bond donors (Lipinski definition) is 0. The number of ketones is 1. The second-order valence-electron chi connectivity index (χ2n) is 6.93. The van der Waals surface area contributed by atoms with Crippen LogP contribution >= 0.6 is 11.8 Å². The van der Waals surface area contributed by atoms with Crippen LogP contribution in [0.3, 0.4) is 0 Å². The zero-order chi connectivity index (χ0) is 20.3. The Hall–Kier alpha value is -3.51. The summed E-state index contributed by atoms with van der Waals surface area (Å²) in [4.78, 5) is 17.2. The Morgan fingerprint density at radius 2 is 1.53 bits per heavy atom. The summed E-state index contributed by atoms with van der Waals surface area (Å²) < 4.78 is 2.16. The predicted octanol–water partition coefficient (Wildman–Crippen LogP) is 5.00. The summed E-state index contributed by atoms with van der Waals surface area (Å²) in [5, 5.41) is 10.3. The Morgan fingerprint density at radius 3 is 2.33 bits per heavy atom. The molecule has 0 aliphatic heterocycles. The molecule has 146 valence electrons. The van der Waals surface area contributed by atoms with E-state index in [4.69, 9.17) is 4.98 Å². The van der Waals surface area contributed by atoms with Gasteiger partial charge >= 0.3 is 0 Å². The van der Waals surface area contributed by atoms with Crippen molar-refractivity contribution in [2.45, 2.75) is 11.7 Å². The van der Waals surface area contributed by atoms with Crippen LogP contribution in [0.15, 0.2) is 90.1 Å². The molecule has 5 rings (SSSR count). The van der Waals surface area contributed by atoms with E-state index in [1.54, 1.807) is 0 Å². The number of fused-ring (bicyclic) bond motifs is 3. The summed E-state index contributed by atoms with van der Waals surface area (Å²) in [5.41, 5.74) is 4.51. The average molecular weight is 411 g/mol. The minimum absolute atomic E-state index is 0.0501. The number of hydrogen-bond acceptors (Lipinski definition) is 5. The molecule has 5 nitrogen and oxygen atoms in total. The van der Waals surface area contributed by atoms with Crippen LogP contribution in [0.2, 0.25) is 0 Å². The second-order valence-corrected chi connectivity index (χ2v) is 7.88. The smallest absolute Gasteiger partial charge is 0.211 e. The number of carbonyl (C=O) groups excluding carboxylic acids is 1. The number of rotatable bonds is 6. The van der Waals surface area contributed by atoms with Gasteiger partial charge in [-0.1, -0.05) is 90.6 Å². The highest BCUT2D eigenvalue weighted by Crippen LogP contribution is 2.28. The van der Waals surface area contributed by atoms with Gasteiger partial charge in [0, 0.05) is 17.5 Å². The minimum Gasteiger partial charge on any atom is -0.319 e. The summed E-state index contributed by atoms with van der Waals surface area (Å²) in [6.07, 6.45) is 0. The Labute approximate surface area is 177 Å². The zero-order valence-electron chi connectivity index (χ0n) is 16.1. The van der Waals surface area contributed by atoms with Crippen molar-refractivity contribution in [1.29, 1.82) is 0 Å². The summed E-state index contributed by atoms with van der Waals surface area (Å²) in [6, 6.07) is 27.7. The van der Waals surface area contributed by atoms with Crippen LogP contribution in [-0.2, 0) is 6.54 Å². The third-order valence-electron chi connectivity index (χ3n) is 4.97. The van der Waals surface area contributed by atoms with Crippen LogP contribution in [-0.4, -0.2) is 31.3 Å². The van der Waals surface area contributed by atoms with Gasteiger partial charge < -0.3 is 4.57 Å². The van der Waals surface area contributed by atoms with E-state index in [0.717, 1.165) is 22.1 Å².